The molecule has 2 nitrogen and oxygen atoms in total. The second kappa shape index (κ2) is 6.46. The SMILES string of the molecule is Cc1ccccc1COc1ccccc1-c1nc2ccccc2s1. The first-order valence-corrected chi connectivity index (χ1v) is 8.75. The van der Waals surface area contributed by atoms with Crippen LogP contribution < -0.4 is 4.74 Å². The van der Waals surface area contributed by atoms with Crippen LogP contribution in [0.25, 0.3) is 20.8 Å². The van der Waals surface area contributed by atoms with Crippen molar-refractivity contribution in [1.29, 1.82) is 0 Å². The van der Waals surface area contributed by atoms with Crippen molar-refractivity contribution in [3.8, 4) is 16.3 Å². The minimum absolute atomic E-state index is 0.564. The Bertz CT molecular complexity index is 957. The maximum atomic E-state index is 6.12. The molecule has 1 aromatic heterocycles. The van der Waals surface area contributed by atoms with Gasteiger partial charge in [-0.1, -0.05) is 48.5 Å². The third kappa shape index (κ3) is 2.91. The zero-order valence-electron chi connectivity index (χ0n) is 13.4. The Balaban J connectivity index is 1.66. The number of para-hydroxylation sites is 2. The molecule has 118 valence electrons. The van der Waals surface area contributed by atoms with Gasteiger partial charge in [-0.15, -0.1) is 11.3 Å². The average molecular weight is 331 g/mol. The van der Waals surface area contributed by atoms with Gasteiger partial charge in [0.05, 0.1) is 15.8 Å². The highest BCUT2D eigenvalue weighted by molar-refractivity contribution is 7.21. The van der Waals surface area contributed by atoms with Crippen molar-refractivity contribution in [3.05, 3.63) is 83.9 Å². The molecule has 0 unspecified atom stereocenters. The van der Waals surface area contributed by atoms with Gasteiger partial charge in [0.1, 0.15) is 17.4 Å². The lowest BCUT2D eigenvalue weighted by atomic mass is 10.1. The van der Waals surface area contributed by atoms with Gasteiger partial charge in [0.15, 0.2) is 0 Å². The lowest BCUT2D eigenvalue weighted by molar-refractivity contribution is 0.307. The summed E-state index contributed by atoms with van der Waals surface area (Å²) in [6.45, 7) is 2.67. The second-order valence-electron chi connectivity index (χ2n) is 5.70. The summed E-state index contributed by atoms with van der Waals surface area (Å²) in [6, 6.07) is 24.7. The van der Waals surface area contributed by atoms with Crippen LogP contribution in [0.4, 0.5) is 0 Å². The first kappa shape index (κ1) is 14.9. The van der Waals surface area contributed by atoms with E-state index in [4.69, 9.17) is 9.72 Å². The van der Waals surface area contributed by atoms with E-state index in [1.54, 1.807) is 11.3 Å². The molecule has 4 rings (SSSR count). The molecule has 0 bridgehead atoms. The van der Waals surface area contributed by atoms with E-state index in [-0.39, 0.29) is 0 Å². The summed E-state index contributed by atoms with van der Waals surface area (Å²) in [7, 11) is 0. The Morgan fingerprint density at radius 2 is 1.62 bits per heavy atom. The van der Waals surface area contributed by atoms with Crippen molar-refractivity contribution < 1.29 is 4.74 Å². The third-order valence-corrected chi connectivity index (χ3v) is 5.13. The summed E-state index contributed by atoms with van der Waals surface area (Å²) < 4.78 is 7.32. The van der Waals surface area contributed by atoms with Crippen molar-refractivity contribution >= 4 is 21.6 Å². The summed E-state index contributed by atoms with van der Waals surface area (Å²) >= 11 is 1.70. The first-order chi connectivity index (χ1) is 11.8. The zero-order valence-corrected chi connectivity index (χ0v) is 14.2. The first-order valence-electron chi connectivity index (χ1n) is 7.93. The van der Waals surface area contributed by atoms with Crippen LogP contribution in [0.1, 0.15) is 11.1 Å². The van der Waals surface area contributed by atoms with Crippen LogP contribution in [0, 0.1) is 6.92 Å². The predicted octanol–water partition coefficient (Wildman–Crippen LogP) is 5.85. The fraction of sp³-hybridized carbons (Fsp3) is 0.0952. The summed E-state index contributed by atoms with van der Waals surface area (Å²) in [6.07, 6.45) is 0. The van der Waals surface area contributed by atoms with Gasteiger partial charge in [-0.3, -0.25) is 0 Å². The third-order valence-electron chi connectivity index (χ3n) is 4.06. The van der Waals surface area contributed by atoms with Crippen LogP contribution in [0.5, 0.6) is 5.75 Å². The molecule has 0 aliphatic rings. The van der Waals surface area contributed by atoms with Gasteiger partial charge in [-0.2, -0.15) is 0 Å². The van der Waals surface area contributed by atoms with Gasteiger partial charge >= 0.3 is 0 Å². The van der Waals surface area contributed by atoms with Crippen molar-refractivity contribution in [2.24, 2.45) is 0 Å². The predicted molar refractivity (Wildman–Crippen MR) is 101 cm³/mol. The number of aryl methyl sites for hydroxylation is 1. The molecule has 24 heavy (non-hydrogen) atoms. The highest BCUT2D eigenvalue weighted by Crippen LogP contribution is 2.35. The van der Waals surface area contributed by atoms with E-state index in [0.29, 0.717) is 6.61 Å². The highest BCUT2D eigenvalue weighted by Gasteiger charge is 2.11. The van der Waals surface area contributed by atoms with Crippen molar-refractivity contribution in [3.63, 3.8) is 0 Å². The maximum absolute atomic E-state index is 6.12. The monoisotopic (exact) mass is 331 g/mol. The lowest BCUT2D eigenvalue weighted by Crippen LogP contribution is -1.98. The van der Waals surface area contributed by atoms with Crippen LogP contribution in [-0.2, 0) is 6.61 Å². The number of ether oxygens (including phenoxy) is 1. The molecule has 0 N–H and O–H groups in total. The number of fused-ring (bicyclic) bond motifs is 1. The highest BCUT2D eigenvalue weighted by atomic mass is 32.1. The standard InChI is InChI=1S/C21H17NOS/c1-15-8-2-3-9-16(15)14-23-19-12-6-4-10-17(19)21-22-18-11-5-7-13-20(18)24-21/h2-13H,14H2,1H3. The average Bonchev–Trinajstić information content (AvgIpc) is 3.05. The minimum Gasteiger partial charge on any atom is -0.488 e. The molecule has 0 spiro atoms. The van der Waals surface area contributed by atoms with Gasteiger partial charge < -0.3 is 4.74 Å². The van der Waals surface area contributed by atoms with E-state index >= 15 is 0 Å². The van der Waals surface area contributed by atoms with Crippen LogP contribution >= 0.6 is 11.3 Å². The number of thiazole rings is 1. The van der Waals surface area contributed by atoms with Gasteiger partial charge in [0.2, 0.25) is 0 Å². The molecule has 0 atom stereocenters. The van der Waals surface area contributed by atoms with Crippen molar-refractivity contribution in [2.45, 2.75) is 13.5 Å². The summed E-state index contributed by atoms with van der Waals surface area (Å²) in [5, 5.41) is 0.997. The van der Waals surface area contributed by atoms with Crippen LogP contribution in [0.15, 0.2) is 72.8 Å². The summed E-state index contributed by atoms with van der Waals surface area (Å²) in [4.78, 5) is 4.75. The number of rotatable bonds is 4. The quantitative estimate of drug-likeness (QED) is 0.468. The second-order valence-corrected chi connectivity index (χ2v) is 6.73. The van der Waals surface area contributed by atoms with Crippen LogP contribution in [0.3, 0.4) is 0 Å². The van der Waals surface area contributed by atoms with E-state index in [1.807, 2.05) is 48.5 Å². The molecular formula is C21H17NOS. The van der Waals surface area contributed by atoms with Gasteiger partial charge in [-0.25, -0.2) is 4.98 Å². The number of benzene rings is 3. The molecule has 0 saturated heterocycles. The van der Waals surface area contributed by atoms with Crippen molar-refractivity contribution in [2.75, 3.05) is 0 Å². The fourth-order valence-corrected chi connectivity index (χ4v) is 3.68. The Kier molecular flexibility index (Phi) is 4.01. The molecule has 0 aliphatic heterocycles. The Morgan fingerprint density at radius 3 is 2.50 bits per heavy atom. The van der Waals surface area contributed by atoms with Gasteiger partial charge in [-0.05, 0) is 42.3 Å². The zero-order chi connectivity index (χ0) is 16.4. The molecule has 1 heterocycles. The van der Waals surface area contributed by atoms with Crippen molar-refractivity contribution in [1.82, 2.24) is 4.98 Å². The van der Waals surface area contributed by atoms with Gasteiger partial charge in [0, 0.05) is 0 Å². The minimum atomic E-state index is 0.564. The summed E-state index contributed by atoms with van der Waals surface area (Å²) in [5.41, 5.74) is 4.53. The molecule has 4 aromatic rings. The van der Waals surface area contributed by atoms with E-state index in [0.717, 1.165) is 21.8 Å². The van der Waals surface area contributed by atoms with Crippen LogP contribution in [0.2, 0.25) is 0 Å². The normalized spacial score (nSPS) is 10.9. The molecule has 0 fully saturated rings. The Morgan fingerprint density at radius 1 is 0.875 bits per heavy atom. The fourth-order valence-electron chi connectivity index (χ4n) is 2.68. The largest absolute Gasteiger partial charge is 0.488 e. The Labute approximate surface area is 145 Å². The molecule has 0 saturated carbocycles. The number of nitrogens with zero attached hydrogens (tertiary/aromatic N) is 1. The van der Waals surface area contributed by atoms with E-state index in [9.17, 15) is 0 Å². The van der Waals surface area contributed by atoms with Gasteiger partial charge in [0.25, 0.3) is 0 Å². The molecule has 0 aliphatic carbocycles. The number of aromatic nitrogens is 1. The molecule has 0 amide bonds. The van der Waals surface area contributed by atoms with Crippen LogP contribution in [-0.4, -0.2) is 4.98 Å². The summed E-state index contributed by atoms with van der Waals surface area (Å²) in [5.74, 6) is 0.875. The molecular weight excluding hydrogens is 314 g/mol. The lowest BCUT2D eigenvalue weighted by Gasteiger charge is -2.11. The smallest absolute Gasteiger partial charge is 0.130 e. The van der Waals surface area contributed by atoms with E-state index in [2.05, 4.69) is 31.2 Å². The number of hydrogen-bond acceptors (Lipinski definition) is 3. The Hall–Kier alpha value is -2.65. The topological polar surface area (TPSA) is 22.1 Å². The molecule has 3 aromatic carbocycles. The maximum Gasteiger partial charge on any atom is 0.130 e. The van der Waals surface area contributed by atoms with E-state index in [1.165, 1.54) is 15.8 Å². The molecule has 0 radical (unpaired) electrons. The number of hydrogen-bond donors (Lipinski definition) is 0. The molecule has 3 heteroatoms. The van der Waals surface area contributed by atoms with E-state index < -0.39 is 0 Å².